The van der Waals surface area contributed by atoms with E-state index < -0.39 is 0 Å². The minimum atomic E-state index is 0.817. The molecular formula is C15H20N2S. The molecule has 0 atom stereocenters. The minimum Gasteiger partial charge on any atom is -0.398 e. The van der Waals surface area contributed by atoms with Crippen molar-refractivity contribution in [3.05, 3.63) is 36.0 Å². The van der Waals surface area contributed by atoms with Gasteiger partial charge in [-0.1, -0.05) is 25.8 Å². The first-order valence-corrected chi connectivity index (χ1v) is 7.68. The predicted molar refractivity (Wildman–Crippen MR) is 81.8 cm³/mol. The van der Waals surface area contributed by atoms with Crippen LogP contribution in [0.3, 0.4) is 0 Å². The third-order valence-corrected chi connectivity index (χ3v) is 4.13. The maximum Gasteiger partial charge on any atom is 0.0763 e. The molecule has 96 valence electrons. The van der Waals surface area contributed by atoms with Gasteiger partial charge in [-0.25, -0.2) is 0 Å². The lowest BCUT2D eigenvalue weighted by atomic mass is 10.1. The second kappa shape index (κ2) is 6.64. The number of thioether (sulfide) groups is 1. The van der Waals surface area contributed by atoms with Crippen molar-refractivity contribution in [3.63, 3.8) is 0 Å². The highest BCUT2D eigenvalue weighted by Gasteiger charge is 2.04. The highest BCUT2D eigenvalue weighted by atomic mass is 32.2. The van der Waals surface area contributed by atoms with Gasteiger partial charge in [0.25, 0.3) is 0 Å². The number of nitrogens with two attached hydrogens (primary N) is 1. The molecule has 0 amide bonds. The molecule has 2 nitrogen and oxygen atoms in total. The van der Waals surface area contributed by atoms with Gasteiger partial charge >= 0.3 is 0 Å². The van der Waals surface area contributed by atoms with Gasteiger partial charge in [0.1, 0.15) is 0 Å². The Morgan fingerprint density at radius 1 is 1.22 bits per heavy atom. The molecule has 2 aromatic rings. The van der Waals surface area contributed by atoms with Crippen molar-refractivity contribution in [3.8, 4) is 0 Å². The Balaban J connectivity index is 2.07. The number of fused-ring (bicyclic) bond motifs is 1. The summed E-state index contributed by atoms with van der Waals surface area (Å²) in [4.78, 5) is 4.46. The van der Waals surface area contributed by atoms with Crippen molar-refractivity contribution in [2.75, 3.05) is 11.5 Å². The van der Waals surface area contributed by atoms with Gasteiger partial charge in [-0.05, 0) is 35.9 Å². The van der Waals surface area contributed by atoms with Crippen molar-refractivity contribution in [2.24, 2.45) is 0 Å². The summed E-state index contributed by atoms with van der Waals surface area (Å²) in [5, 5.41) is 1.07. The van der Waals surface area contributed by atoms with Gasteiger partial charge < -0.3 is 5.73 Å². The molecule has 0 fully saturated rings. The number of nitrogens with zero attached hydrogens (tertiary/aromatic N) is 1. The van der Waals surface area contributed by atoms with Gasteiger partial charge in [-0.15, -0.1) is 0 Å². The number of hydrogen-bond acceptors (Lipinski definition) is 3. The molecular weight excluding hydrogens is 240 g/mol. The Morgan fingerprint density at radius 3 is 2.94 bits per heavy atom. The lowest BCUT2D eigenvalue weighted by Crippen LogP contribution is -1.93. The van der Waals surface area contributed by atoms with Crippen LogP contribution in [0.2, 0.25) is 0 Å². The van der Waals surface area contributed by atoms with E-state index in [1.807, 2.05) is 36.2 Å². The highest BCUT2D eigenvalue weighted by Crippen LogP contribution is 2.25. The summed E-state index contributed by atoms with van der Waals surface area (Å²) in [5.41, 5.74) is 9.14. The molecule has 1 aromatic carbocycles. The maximum atomic E-state index is 5.97. The molecule has 0 saturated carbocycles. The second-order valence-electron chi connectivity index (χ2n) is 4.47. The molecule has 0 unspecified atom stereocenters. The Labute approximate surface area is 113 Å². The highest BCUT2D eigenvalue weighted by molar-refractivity contribution is 7.98. The quantitative estimate of drug-likeness (QED) is 0.623. The molecule has 0 saturated heterocycles. The molecule has 2 N–H and O–H groups in total. The summed E-state index contributed by atoms with van der Waals surface area (Å²) >= 11 is 1.99. The smallest absolute Gasteiger partial charge is 0.0763 e. The van der Waals surface area contributed by atoms with E-state index in [1.165, 1.54) is 30.6 Å². The van der Waals surface area contributed by atoms with Gasteiger partial charge in [0.2, 0.25) is 0 Å². The number of anilines is 1. The van der Waals surface area contributed by atoms with Gasteiger partial charge in [0.05, 0.1) is 5.52 Å². The third kappa shape index (κ3) is 3.16. The van der Waals surface area contributed by atoms with Crippen LogP contribution in [0.25, 0.3) is 10.9 Å². The van der Waals surface area contributed by atoms with Gasteiger partial charge in [0, 0.05) is 23.0 Å². The number of nitrogen functional groups attached to an aromatic ring is 1. The number of pyridine rings is 1. The van der Waals surface area contributed by atoms with Gasteiger partial charge in [-0.2, -0.15) is 11.8 Å². The monoisotopic (exact) mass is 260 g/mol. The van der Waals surface area contributed by atoms with Crippen molar-refractivity contribution >= 4 is 28.4 Å². The molecule has 0 radical (unpaired) electrons. The van der Waals surface area contributed by atoms with Crippen LogP contribution < -0.4 is 5.73 Å². The van der Waals surface area contributed by atoms with Crippen LogP contribution in [0.15, 0.2) is 30.5 Å². The predicted octanol–water partition coefficient (Wildman–Crippen LogP) is 4.24. The van der Waals surface area contributed by atoms with Gasteiger partial charge in [-0.3, -0.25) is 4.98 Å². The van der Waals surface area contributed by atoms with Crippen molar-refractivity contribution < 1.29 is 0 Å². The van der Waals surface area contributed by atoms with Crippen LogP contribution in [0, 0.1) is 0 Å². The first-order chi connectivity index (χ1) is 8.83. The van der Waals surface area contributed by atoms with Crippen LogP contribution >= 0.6 is 11.8 Å². The Morgan fingerprint density at radius 2 is 2.11 bits per heavy atom. The first kappa shape index (κ1) is 13.2. The zero-order chi connectivity index (χ0) is 12.8. The molecule has 1 aromatic heterocycles. The molecule has 0 aliphatic heterocycles. The standard InChI is InChI=1S/C15H20N2S/c1-2-3-4-10-18-11-12-7-8-14(16)13-6-5-9-17-15(12)13/h5-9H,2-4,10-11,16H2,1H3. The number of unbranched alkanes of at least 4 members (excludes halogenated alkanes) is 2. The first-order valence-electron chi connectivity index (χ1n) is 6.52. The van der Waals surface area contributed by atoms with E-state index in [-0.39, 0.29) is 0 Å². The second-order valence-corrected chi connectivity index (χ2v) is 5.58. The summed E-state index contributed by atoms with van der Waals surface area (Å²) < 4.78 is 0. The SMILES string of the molecule is CCCCCSCc1ccc(N)c2cccnc12. The van der Waals surface area contributed by atoms with E-state index in [0.29, 0.717) is 0 Å². The average molecular weight is 260 g/mol. The molecule has 3 heteroatoms. The average Bonchev–Trinajstić information content (AvgIpc) is 2.41. The maximum absolute atomic E-state index is 5.97. The number of hydrogen-bond donors (Lipinski definition) is 1. The van der Waals surface area contributed by atoms with Crippen LogP contribution in [0.4, 0.5) is 5.69 Å². The molecule has 0 aliphatic carbocycles. The fraction of sp³-hybridized carbons (Fsp3) is 0.400. The van der Waals surface area contributed by atoms with Crippen molar-refractivity contribution in [2.45, 2.75) is 31.9 Å². The van der Waals surface area contributed by atoms with E-state index in [0.717, 1.165) is 22.3 Å². The molecule has 0 spiro atoms. The molecule has 2 rings (SSSR count). The fourth-order valence-corrected chi connectivity index (χ4v) is 3.01. The molecule has 0 bridgehead atoms. The fourth-order valence-electron chi connectivity index (χ4n) is 2.01. The van der Waals surface area contributed by atoms with E-state index in [1.54, 1.807) is 0 Å². The topological polar surface area (TPSA) is 38.9 Å². The molecule has 18 heavy (non-hydrogen) atoms. The third-order valence-electron chi connectivity index (χ3n) is 3.04. The van der Waals surface area contributed by atoms with E-state index in [9.17, 15) is 0 Å². The normalized spacial score (nSPS) is 10.9. The molecule has 1 heterocycles. The number of rotatable bonds is 6. The largest absolute Gasteiger partial charge is 0.398 e. The Bertz CT molecular complexity index is 511. The van der Waals surface area contributed by atoms with Crippen LogP contribution in [-0.4, -0.2) is 10.7 Å². The summed E-state index contributed by atoms with van der Waals surface area (Å²) in [6, 6.07) is 8.09. The Hall–Kier alpha value is -1.22. The van der Waals surface area contributed by atoms with E-state index in [2.05, 4.69) is 18.0 Å². The summed E-state index contributed by atoms with van der Waals surface area (Å²) in [7, 11) is 0. The number of aromatic nitrogens is 1. The van der Waals surface area contributed by atoms with Gasteiger partial charge in [0.15, 0.2) is 0 Å². The van der Waals surface area contributed by atoms with Crippen molar-refractivity contribution in [1.29, 1.82) is 0 Å². The zero-order valence-electron chi connectivity index (χ0n) is 10.9. The van der Waals surface area contributed by atoms with Crippen LogP contribution in [0.1, 0.15) is 31.7 Å². The summed E-state index contributed by atoms with van der Waals surface area (Å²) in [6.45, 7) is 2.24. The molecule has 0 aliphatic rings. The zero-order valence-corrected chi connectivity index (χ0v) is 11.7. The lowest BCUT2D eigenvalue weighted by Gasteiger charge is -2.07. The van der Waals surface area contributed by atoms with E-state index >= 15 is 0 Å². The van der Waals surface area contributed by atoms with Crippen LogP contribution in [-0.2, 0) is 5.75 Å². The van der Waals surface area contributed by atoms with E-state index in [4.69, 9.17) is 5.73 Å². The van der Waals surface area contributed by atoms with Crippen LogP contribution in [0.5, 0.6) is 0 Å². The lowest BCUT2D eigenvalue weighted by molar-refractivity contribution is 0.778. The minimum absolute atomic E-state index is 0.817. The summed E-state index contributed by atoms with van der Waals surface area (Å²) in [6.07, 6.45) is 5.76. The summed E-state index contributed by atoms with van der Waals surface area (Å²) in [5.74, 6) is 2.25. The van der Waals surface area contributed by atoms with Crippen molar-refractivity contribution in [1.82, 2.24) is 4.98 Å². The number of benzene rings is 1. The Kier molecular flexibility index (Phi) is 4.88.